The fourth-order valence-corrected chi connectivity index (χ4v) is 4.58. The highest BCUT2D eigenvalue weighted by molar-refractivity contribution is 5.73. The fourth-order valence-electron chi connectivity index (χ4n) is 4.58. The van der Waals surface area contributed by atoms with Crippen LogP contribution >= 0.6 is 0 Å². The van der Waals surface area contributed by atoms with E-state index in [1.54, 1.807) is 19.2 Å². The highest BCUT2D eigenvalue weighted by Crippen LogP contribution is 2.34. The van der Waals surface area contributed by atoms with Crippen LogP contribution in [0.2, 0.25) is 0 Å². The van der Waals surface area contributed by atoms with Crippen LogP contribution in [-0.4, -0.2) is 57.1 Å². The van der Waals surface area contributed by atoms with Gasteiger partial charge in [-0.05, 0) is 56.9 Å². The van der Waals surface area contributed by atoms with Crippen LogP contribution in [0.5, 0.6) is 11.6 Å². The summed E-state index contributed by atoms with van der Waals surface area (Å²) in [4.78, 5) is 10.6. The zero-order valence-corrected chi connectivity index (χ0v) is 18.5. The van der Waals surface area contributed by atoms with Crippen molar-refractivity contribution in [1.82, 2.24) is 25.5 Å². The molecule has 8 nitrogen and oxygen atoms in total. The topological polar surface area (TPSA) is 96.3 Å². The third-order valence-electron chi connectivity index (χ3n) is 6.59. The van der Waals surface area contributed by atoms with Gasteiger partial charge in [0.05, 0.1) is 18.5 Å². The highest BCUT2D eigenvalue weighted by Gasteiger charge is 2.35. The Morgan fingerprint density at radius 2 is 1.97 bits per heavy atom. The Balaban J connectivity index is 1.29. The molecule has 0 bridgehead atoms. The summed E-state index contributed by atoms with van der Waals surface area (Å²) in [5.74, 6) is 1.48. The minimum absolute atomic E-state index is 0.126. The summed E-state index contributed by atoms with van der Waals surface area (Å²) >= 11 is 0. The number of nitrogens with zero attached hydrogens (tertiary/aromatic N) is 5. The molecule has 1 saturated carbocycles. The summed E-state index contributed by atoms with van der Waals surface area (Å²) < 4.78 is 5.15. The van der Waals surface area contributed by atoms with Crippen LogP contribution < -0.4 is 15.0 Å². The number of hydrogen-bond donors (Lipinski definition) is 2. The maximum atomic E-state index is 10.6. The summed E-state index contributed by atoms with van der Waals surface area (Å²) in [6, 6.07) is 11.5. The molecule has 8 heteroatoms. The first-order valence-corrected chi connectivity index (χ1v) is 11.1. The number of aromatic nitrogens is 4. The lowest BCUT2D eigenvalue weighted by atomic mass is 9.78. The van der Waals surface area contributed by atoms with Crippen LogP contribution in [-0.2, 0) is 0 Å². The van der Waals surface area contributed by atoms with E-state index in [0.29, 0.717) is 34.4 Å². The van der Waals surface area contributed by atoms with E-state index < -0.39 is 0 Å². The molecule has 5 rings (SSSR count). The van der Waals surface area contributed by atoms with E-state index in [1.807, 2.05) is 24.3 Å². The molecule has 2 N–H and O–H groups in total. The van der Waals surface area contributed by atoms with Gasteiger partial charge < -0.3 is 20.1 Å². The number of nitrogens with one attached hydrogen (secondary N) is 1. The van der Waals surface area contributed by atoms with Crippen LogP contribution in [0.3, 0.4) is 0 Å². The summed E-state index contributed by atoms with van der Waals surface area (Å²) in [6.45, 7) is 4.25. The molecule has 3 heterocycles. The van der Waals surface area contributed by atoms with E-state index in [2.05, 4.69) is 37.3 Å². The Bertz CT molecular complexity index is 1100. The van der Waals surface area contributed by atoms with E-state index in [-0.39, 0.29) is 5.75 Å². The predicted molar refractivity (Wildman–Crippen MR) is 123 cm³/mol. The maximum absolute atomic E-state index is 10.6. The first-order chi connectivity index (χ1) is 15.5. The van der Waals surface area contributed by atoms with Crippen LogP contribution in [0.4, 0.5) is 5.82 Å². The highest BCUT2D eigenvalue weighted by atomic mass is 16.5. The van der Waals surface area contributed by atoms with Crippen LogP contribution in [0.15, 0.2) is 42.7 Å². The van der Waals surface area contributed by atoms with Crippen molar-refractivity contribution >= 4 is 5.82 Å². The van der Waals surface area contributed by atoms with Gasteiger partial charge in [-0.2, -0.15) is 0 Å². The Morgan fingerprint density at radius 1 is 1.09 bits per heavy atom. The van der Waals surface area contributed by atoms with Crippen molar-refractivity contribution in [3.8, 4) is 34.1 Å². The molecule has 2 aromatic heterocycles. The van der Waals surface area contributed by atoms with Gasteiger partial charge in [-0.25, -0.2) is 9.97 Å². The van der Waals surface area contributed by atoms with Gasteiger partial charge in [0.25, 0.3) is 0 Å². The number of rotatable bonds is 6. The number of phenolic OH excluding ortho intramolecular Hbond substituents is 1. The zero-order chi connectivity index (χ0) is 22.1. The number of ether oxygens (including phenoxy) is 1. The third kappa shape index (κ3) is 4.10. The summed E-state index contributed by atoms with van der Waals surface area (Å²) in [5, 5.41) is 23.3. The maximum Gasteiger partial charge on any atom is 0.216 e. The molecule has 166 valence electrons. The number of anilines is 1. The summed E-state index contributed by atoms with van der Waals surface area (Å²) in [6.07, 6.45) is 6.42. The van der Waals surface area contributed by atoms with Crippen molar-refractivity contribution in [2.24, 2.45) is 0 Å². The second-order valence-electron chi connectivity index (χ2n) is 8.94. The summed E-state index contributed by atoms with van der Waals surface area (Å²) in [7, 11) is 1.56. The van der Waals surface area contributed by atoms with E-state index >= 15 is 0 Å². The molecule has 1 aliphatic heterocycles. The van der Waals surface area contributed by atoms with Gasteiger partial charge in [-0.3, -0.25) is 0 Å². The molecule has 0 amide bonds. The van der Waals surface area contributed by atoms with Gasteiger partial charge in [-0.1, -0.05) is 6.07 Å². The lowest BCUT2D eigenvalue weighted by Gasteiger charge is -2.41. The standard InChI is InChI=1S/C24H28N6O2/c1-24(9-3-10-24)27-17-8-11-30(14-17)22-7-6-19(28-29-22)18-5-4-16(12-21(18)31)20-13-23(32-2)26-15-25-20/h4-7,12-13,15,17,27,31H,3,8-11,14H2,1-2H3/t17-/m0/s1. The molecule has 1 atom stereocenters. The molecule has 2 aliphatic rings. The van der Waals surface area contributed by atoms with Gasteiger partial charge in [0, 0.05) is 41.9 Å². The van der Waals surface area contributed by atoms with Crippen molar-refractivity contribution in [1.29, 1.82) is 0 Å². The van der Waals surface area contributed by atoms with E-state index in [4.69, 9.17) is 4.74 Å². The average Bonchev–Trinajstić information content (AvgIpc) is 3.26. The first-order valence-electron chi connectivity index (χ1n) is 11.1. The number of phenols is 1. The van der Waals surface area contributed by atoms with Gasteiger partial charge in [0.2, 0.25) is 5.88 Å². The van der Waals surface area contributed by atoms with E-state index in [9.17, 15) is 5.11 Å². The van der Waals surface area contributed by atoms with Crippen molar-refractivity contribution in [3.05, 3.63) is 42.7 Å². The quantitative estimate of drug-likeness (QED) is 0.612. The van der Waals surface area contributed by atoms with Crippen LogP contribution in [0.25, 0.3) is 22.5 Å². The molecular weight excluding hydrogens is 404 g/mol. The first kappa shape index (κ1) is 20.6. The second kappa shape index (κ2) is 8.35. The van der Waals surface area contributed by atoms with Gasteiger partial charge in [-0.15, -0.1) is 10.2 Å². The van der Waals surface area contributed by atoms with Gasteiger partial charge in [0.15, 0.2) is 5.82 Å². The molecule has 0 spiro atoms. The van der Waals surface area contributed by atoms with Crippen molar-refractivity contribution in [2.45, 2.75) is 44.2 Å². The minimum atomic E-state index is 0.126. The zero-order valence-electron chi connectivity index (χ0n) is 18.5. The largest absolute Gasteiger partial charge is 0.507 e. The molecule has 2 fully saturated rings. The molecule has 1 saturated heterocycles. The molecule has 3 aromatic rings. The number of benzene rings is 1. The fraction of sp³-hybridized carbons (Fsp3) is 0.417. The van der Waals surface area contributed by atoms with Crippen molar-refractivity contribution in [3.63, 3.8) is 0 Å². The lowest BCUT2D eigenvalue weighted by Crippen LogP contribution is -2.53. The van der Waals surface area contributed by atoms with Crippen LogP contribution in [0.1, 0.15) is 32.6 Å². The smallest absolute Gasteiger partial charge is 0.216 e. The predicted octanol–water partition coefficient (Wildman–Crippen LogP) is 3.43. The van der Waals surface area contributed by atoms with E-state index in [1.165, 1.54) is 25.6 Å². The monoisotopic (exact) mass is 432 g/mol. The van der Waals surface area contributed by atoms with Crippen molar-refractivity contribution in [2.75, 3.05) is 25.1 Å². The van der Waals surface area contributed by atoms with Gasteiger partial charge >= 0.3 is 0 Å². The Hall–Kier alpha value is -3.26. The Labute approximate surface area is 187 Å². The van der Waals surface area contributed by atoms with Gasteiger partial charge in [0.1, 0.15) is 12.1 Å². The second-order valence-corrected chi connectivity index (χ2v) is 8.94. The van der Waals surface area contributed by atoms with Crippen LogP contribution in [0, 0.1) is 0 Å². The SMILES string of the molecule is COc1cc(-c2ccc(-c3ccc(N4CC[C@H](NC5(C)CCC5)C4)nn3)c(O)c2)ncn1. The lowest BCUT2D eigenvalue weighted by molar-refractivity contribution is 0.189. The average molecular weight is 433 g/mol. The number of aromatic hydroxyl groups is 1. The molecule has 0 radical (unpaired) electrons. The molecule has 0 unspecified atom stereocenters. The normalized spacial score (nSPS) is 19.6. The molecule has 1 aliphatic carbocycles. The molecular formula is C24H28N6O2. The number of hydrogen-bond acceptors (Lipinski definition) is 8. The third-order valence-corrected chi connectivity index (χ3v) is 6.59. The van der Waals surface area contributed by atoms with Crippen molar-refractivity contribution < 1.29 is 9.84 Å². The Morgan fingerprint density at radius 3 is 2.66 bits per heavy atom. The Kier molecular flexibility index (Phi) is 5.38. The minimum Gasteiger partial charge on any atom is -0.507 e. The number of methoxy groups -OCH3 is 1. The summed E-state index contributed by atoms with van der Waals surface area (Å²) in [5.41, 5.74) is 3.03. The molecule has 32 heavy (non-hydrogen) atoms. The molecule has 1 aromatic carbocycles. The van der Waals surface area contributed by atoms with E-state index in [0.717, 1.165) is 30.9 Å².